The second-order valence-electron chi connectivity index (χ2n) is 7.14. The lowest BCUT2D eigenvalue weighted by molar-refractivity contribution is -0.117. The van der Waals surface area contributed by atoms with E-state index in [2.05, 4.69) is 27.2 Å². The van der Waals surface area contributed by atoms with E-state index in [-0.39, 0.29) is 5.91 Å². The lowest BCUT2D eigenvalue weighted by atomic mass is 10.2. The van der Waals surface area contributed by atoms with Crippen LogP contribution in [-0.4, -0.2) is 69.8 Å². The van der Waals surface area contributed by atoms with Crippen molar-refractivity contribution in [3.05, 3.63) is 47.0 Å². The van der Waals surface area contributed by atoms with Crippen LogP contribution >= 0.6 is 11.6 Å². The average Bonchev–Trinajstić information content (AvgIpc) is 2.75. The summed E-state index contributed by atoms with van der Waals surface area (Å²) in [7, 11) is 4.64. The molecule has 8 heteroatoms. The number of hydrogen-bond donors (Lipinski definition) is 1. The van der Waals surface area contributed by atoms with E-state index in [0.29, 0.717) is 29.5 Å². The molecule has 0 atom stereocenters. The molecule has 3 rings (SSSR count). The molecule has 0 aliphatic carbocycles. The number of benzene rings is 2. The third kappa shape index (κ3) is 5.78. The molecule has 1 saturated heterocycles. The van der Waals surface area contributed by atoms with Gasteiger partial charge in [-0.1, -0.05) is 23.7 Å². The maximum atomic E-state index is 12.5. The minimum atomic E-state index is -0.0737. The van der Waals surface area contributed by atoms with Crippen LogP contribution in [0, 0.1) is 0 Å². The summed E-state index contributed by atoms with van der Waals surface area (Å²) in [6, 6.07) is 11.4. The highest BCUT2D eigenvalue weighted by molar-refractivity contribution is 6.30. The summed E-state index contributed by atoms with van der Waals surface area (Å²) in [5.41, 5.74) is 1.85. The van der Waals surface area contributed by atoms with Crippen LogP contribution in [0.25, 0.3) is 0 Å². The Labute approximate surface area is 182 Å². The summed E-state index contributed by atoms with van der Waals surface area (Å²) in [4.78, 5) is 17.1. The fraction of sp³-hybridized carbons (Fsp3) is 0.409. The van der Waals surface area contributed by atoms with Gasteiger partial charge in [0.15, 0.2) is 11.5 Å². The first-order valence-corrected chi connectivity index (χ1v) is 10.2. The van der Waals surface area contributed by atoms with Crippen LogP contribution in [0.4, 0.5) is 5.69 Å². The van der Waals surface area contributed by atoms with Crippen LogP contribution in [0.3, 0.4) is 0 Å². The largest absolute Gasteiger partial charge is 0.493 e. The van der Waals surface area contributed by atoms with Crippen molar-refractivity contribution in [2.24, 2.45) is 0 Å². The Morgan fingerprint density at radius 1 is 0.933 bits per heavy atom. The minimum Gasteiger partial charge on any atom is -0.493 e. The molecule has 0 aromatic heterocycles. The highest BCUT2D eigenvalue weighted by atomic mass is 35.5. The quantitative estimate of drug-likeness (QED) is 0.690. The van der Waals surface area contributed by atoms with Crippen LogP contribution in [-0.2, 0) is 11.3 Å². The first kappa shape index (κ1) is 22.2. The van der Waals surface area contributed by atoms with Gasteiger partial charge in [-0.25, -0.2) is 0 Å². The van der Waals surface area contributed by atoms with E-state index < -0.39 is 0 Å². The molecular formula is C22H28ClN3O4. The van der Waals surface area contributed by atoms with Crippen LogP contribution in [0.2, 0.25) is 5.02 Å². The van der Waals surface area contributed by atoms with E-state index in [0.717, 1.165) is 37.7 Å². The van der Waals surface area contributed by atoms with E-state index in [1.54, 1.807) is 33.5 Å². The number of ether oxygens (including phenoxy) is 3. The molecule has 1 aliphatic rings. The van der Waals surface area contributed by atoms with Gasteiger partial charge in [-0.2, -0.15) is 0 Å². The summed E-state index contributed by atoms with van der Waals surface area (Å²) >= 11 is 5.95. The zero-order valence-electron chi connectivity index (χ0n) is 17.6. The predicted molar refractivity (Wildman–Crippen MR) is 118 cm³/mol. The number of piperazine rings is 1. The van der Waals surface area contributed by atoms with Crippen molar-refractivity contribution >= 4 is 23.2 Å². The normalized spacial score (nSPS) is 14.9. The smallest absolute Gasteiger partial charge is 0.238 e. The predicted octanol–water partition coefficient (Wildman–Crippen LogP) is 3.12. The number of hydrogen-bond acceptors (Lipinski definition) is 6. The Bertz CT molecular complexity index is 827. The highest BCUT2D eigenvalue weighted by Crippen LogP contribution is 2.39. The molecule has 162 valence electrons. The summed E-state index contributed by atoms with van der Waals surface area (Å²) in [5, 5.41) is 3.68. The molecule has 0 bridgehead atoms. The second kappa shape index (κ2) is 10.5. The number of halogens is 1. The molecule has 2 aromatic carbocycles. The van der Waals surface area contributed by atoms with Crippen molar-refractivity contribution < 1.29 is 19.0 Å². The molecule has 0 unspecified atom stereocenters. The zero-order chi connectivity index (χ0) is 21.5. The Morgan fingerprint density at radius 2 is 1.50 bits per heavy atom. The average molecular weight is 434 g/mol. The van der Waals surface area contributed by atoms with Crippen molar-refractivity contribution in [2.75, 3.05) is 59.4 Å². The maximum absolute atomic E-state index is 12.5. The van der Waals surface area contributed by atoms with Gasteiger partial charge >= 0.3 is 0 Å². The van der Waals surface area contributed by atoms with Crippen LogP contribution in [0.15, 0.2) is 36.4 Å². The Kier molecular flexibility index (Phi) is 7.79. The number of carbonyl (C=O) groups excluding carboxylic acids is 1. The summed E-state index contributed by atoms with van der Waals surface area (Å²) in [5.74, 6) is 1.43. The van der Waals surface area contributed by atoms with Gasteiger partial charge < -0.3 is 19.5 Å². The Balaban J connectivity index is 1.51. The van der Waals surface area contributed by atoms with Gasteiger partial charge in [-0.15, -0.1) is 0 Å². The van der Waals surface area contributed by atoms with Crippen molar-refractivity contribution in [2.45, 2.75) is 6.54 Å². The fourth-order valence-corrected chi connectivity index (χ4v) is 3.64. The van der Waals surface area contributed by atoms with E-state index in [9.17, 15) is 4.79 Å². The van der Waals surface area contributed by atoms with Crippen molar-refractivity contribution in [1.82, 2.24) is 9.80 Å². The standard InChI is InChI=1S/C22H28ClN3O4/c1-28-19-12-18(13-20(29-2)22(19)30-3)24-21(27)15-26-10-8-25(9-11-26)14-16-4-6-17(23)7-5-16/h4-7,12-13H,8-11,14-15H2,1-3H3,(H,24,27). The fourth-order valence-electron chi connectivity index (χ4n) is 3.51. The number of nitrogens with one attached hydrogen (secondary N) is 1. The molecule has 0 radical (unpaired) electrons. The lowest BCUT2D eigenvalue weighted by Crippen LogP contribution is -2.48. The molecule has 1 heterocycles. The molecule has 1 amide bonds. The molecular weight excluding hydrogens is 406 g/mol. The Morgan fingerprint density at radius 3 is 2.03 bits per heavy atom. The van der Waals surface area contributed by atoms with Crippen molar-refractivity contribution in [3.63, 3.8) is 0 Å². The Hall–Kier alpha value is -2.48. The second-order valence-corrected chi connectivity index (χ2v) is 7.58. The zero-order valence-corrected chi connectivity index (χ0v) is 18.4. The van der Waals surface area contributed by atoms with Crippen molar-refractivity contribution in [1.29, 1.82) is 0 Å². The van der Waals surface area contributed by atoms with Gasteiger partial charge in [-0.3, -0.25) is 14.6 Å². The first-order chi connectivity index (χ1) is 14.5. The van der Waals surface area contributed by atoms with Gasteiger partial charge in [0, 0.05) is 55.6 Å². The van der Waals surface area contributed by atoms with Gasteiger partial charge in [0.05, 0.1) is 27.9 Å². The summed E-state index contributed by atoms with van der Waals surface area (Å²) in [6.07, 6.45) is 0. The molecule has 1 fully saturated rings. The third-order valence-corrected chi connectivity index (χ3v) is 5.35. The number of carbonyl (C=O) groups is 1. The molecule has 2 aromatic rings. The minimum absolute atomic E-state index is 0.0737. The van der Waals surface area contributed by atoms with E-state index in [1.165, 1.54) is 5.56 Å². The maximum Gasteiger partial charge on any atom is 0.238 e. The van der Waals surface area contributed by atoms with Gasteiger partial charge in [0.2, 0.25) is 11.7 Å². The number of nitrogens with zero attached hydrogens (tertiary/aromatic N) is 2. The summed E-state index contributed by atoms with van der Waals surface area (Å²) < 4.78 is 16.0. The molecule has 7 nitrogen and oxygen atoms in total. The monoisotopic (exact) mass is 433 g/mol. The first-order valence-electron chi connectivity index (χ1n) is 9.81. The molecule has 1 N–H and O–H groups in total. The van der Waals surface area contributed by atoms with Gasteiger partial charge in [0.25, 0.3) is 0 Å². The van der Waals surface area contributed by atoms with Crippen molar-refractivity contribution in [3.8, 4) is 17.2 Å². The van der Waals surface area contributed by atoms with E-state index in [1.807, 2.05) is 12.1 Å². The molecule has 30 heavy (non-hydrogen) atoms. The van der Waals surface area contributed by atoms with E-state index in [4.69, 9.17) is 25.8 Å². The SMILES string of the molecule is COc1cc(NC(=O)CN2CCN(Cc3ccc(Cl)cc3)CC2)cc(OC)c1OC. The lowest BCUT2D eigenvalue weighted by Gasteiger charge is -2.34. The third-order valence-electron chi connectivity index (χ3n) is 5.10. The number of methoxy groups -OCH3 is 3. The number of rotatable bonds is 8. The van der Waals surface area contributed by atoms with Crippen LogP contribution in [0.1, 0.15) is 5.56 Å². The molecule has 0 spiro atoms. The van der Waals surface area contributed by atoms with Gasteiger partial charge in [-0.05, 0) is 17.7 Å². The number of anilines is 1. The topological polar surface area (TPSA) is 63.3 Å². The molecule has 1 aliphatic heterocycles. The highest BCUT2D eigenvalue weighted by Gasteiger charge is 2.20. The van der Waals surface area contributed by atoms with Crippen LogP contribution < -0.4 is 19.5 Å². The molecule has 0 saturated carbocycles. The summed E-state index contributed by atoms with van der Waals surface area (Å²) in [6.45, 7) is 4.75. The van der Waals surface area contributed by atoms with E-state index >= 15 is 0 Å². The van der Waals surface area contributed by atoms with Gasteiger partial charge in [0.1, 0.15) is 0 Å². The number of amides is 1. The van der Waals surface area contributed by atoms with Crippen LogP contribution in [0.5, 0.6) is 17.2 Å².